The van der Waals surface area contributed by atoms with E-state index in [4.69, 9.17) is 0 Å². The number of benzene rings is 1. The molecule has 0 spiro atoms. The average Bonchev–Trinajstić information content (AvgIpc) is 3.03. The number of hydrogen-bond donors (Lipinski definition) is 2. The molecule has 3 rings (SSSR count). The zero-order valence-corrected chi connectivity index (χ0v) is 14.9. The predicted molar refractivity (Wildman–Crippen MR) is 96.5 cm³/mol. The van der Waals surface area contributed by atoms with Gasteiger partial charge in [-0.05, 0) is 62.9 Å². The van der Waals surface area contributed by atoms with E-state index in [-0.39, 0.29) is 5.91 Å². The molecule has 126 valence electrons. The second-order valence-corrected chi connectivity index (χ2v) is 6.50. The van der Waals surface area contributed by atoms with E-state index in [1.54, 1.807) is 0 Å². The van der Waals surface area contributed by atoms with Crippen LogP contribution in [0.25, 0.3) is 10.9 Å². The predicted octanol–water partition coefficient (Wildman–Crippen LogP) is 3.11. The SMILES string of the molecule is Cc1cc(C)c2cc(C(=O)NCCc3c(C)nn(C)c3C)[nH]c2c1. The summed E-state index contributed by atoms with van der Waals surface area (Å²) in [6.45, 7) is 8.79. The summed E-state index contributed by atoms with van der Waals surface area (Å²) in [7, 11) is 1.94. The summed E-state index contributed by atoms with van der Waals surface area (Å²) in [5, 5.41) is 8.51. The fraction of sp³-hybridized carbons (Fsp3) is 0.368. The number of rotatable bonds is 4. The number of fused-ring (bicyclic) bond motifs is 1. The van der Waals surface area contributed by atoms with E-state index < -0.39 is 0 Å². The fourth-order valence-electron chi connectivity index (χ4n) is 3.30. The second kappa shape index (κ2) is 6.15. The lowest BCUT2D eigenvalue weighted by molar-refractivity contribution is 0.0950. The molecule has 0 radical (unpaired) electrons. The Hall–Kier alpha value is -2.56. The van der Waals surface area contributed by atoms with Crippen molar-refractivity contribution in [1.82, 2.24) is 20.1 Å². The molecule has 0 aliphatic carbocycles. The number of aromatic amines is 1. The molecule has 2 aromatic heterocycles. The van der Waals surface area contributed by atoms with Crippen molar-refractivity contribution in [3.05, 3.63) is 52.0 Å². The van der Waals surface area contributed by atoms with Gasteiger partial charge in [0.1, 0.15) is 5.69 Å². The monoisotopic (exact) mass is 324 g/mol. The molecule has 0 saturated carbocycles. The average molecular weight is 324 g/mol. The molecule has 0 bridgehead atoms. The van der Waals surface area contributed by atoms with Crippen molar-refractivity contribution < 1.29 is 4.79 Å². The summed E-state index contributed by atoms with van der Waals surface area (Å²) in [6, 6.07) is 6.13. The Bertz CT molecular complexity index is 917. The summed E-state index contributed by atoms with van der Waals surface area (Å²) in [6.07, 6.45) is 0.787. The summed E-state index contributed by atoms with van der Waals surface area (Å²) >= 11 is 0. The Morgan fingerprint density at radius 2 is 1.96 bits per heavy atom. The van der Waals surface area contributed by atoms with E-state index in [2.05, 4.69) is 48.3 Å². The van der Waals surface area contributed by atoms with Gasteiger partial charge in [0.05, 0.1) is 5.69 Å². The first-order valence-electron chi connectivity index (χ1n) is 8.24. The number of aromatic nitrogens is 3. The lowest BCUT2D eigenvalue weighted by atomic mass is 10.1. The summed E-state index contributed by atoms with van der Waals surface area (Å²) in [5.41, 5.74) is 7.38. The van der Waals surface area contributed by atoms with Crippen LogP contribution in [0.15, 0.2) is 18.2 Å². The summed E-state index contributed by atoms with van der Waals surface area (Å²) in [4.78, 5) is 15.6. The van der Waals surface area contributed by atoms with Crippen LogP contribution >= 0.6 is 0 Å². The van der Waals surface area contributed by atoms with E-state index in [0.29, 0.717) is 12.2 Å². The van der Waals surface area contributed by atoms with E-state index in [9.17, 15) is 4.79 Å². The first-order chi connectivity index (χ1) is 11.4. The van der Waals surface area contributed by atoms with Gasteiger partial charge >= 0.3 is 0 Å². The van der Waals surface area contributed by atoms with Crippen molar-refractivity contribution in [2.75, 3.05) is 6.54 Å². The number of carbonyl (C=O) groups is 1. The van der Waals surface area contributed by atoms with E-state index in [1.165, 1.54) is 16.7 Å². The highest BCUT2D eigenvalue weighted by Crippen LogP contribution is 2.21. The van der Waals surface area contributed by atoms with Gasteiger partial charge in [-0.1, -0.05) is 6.07 Å². The van der Waals surface area contributed by atoms with Gasteiger partial charge in [-0.2, -0.15) is 5.10 Å². The van der Waals surface area contributed by atoms with Crippen LogP contribution < -0.4 is 5.32 Å². The lowest BCUT2D eigenvalue weighted by Gasteiger charge is -2.04. The van der Waals surface area contributed by atoms with Gasteiger partial charge in [0.25, 0.3) is 5.91 Å². The minimum Gasteiger partial charge on any atom is -0.351 e. The molecule has 2 N–H and O–H groups in total. The summed E-state index contributed by atoms with van der Waals surface area (Å²) < 4.78 is 1.88. The normalized spacial score (nSPS) is 11.2. The fourth-order valence-corrected chi connectivity index (χ4v) is 3.30. The maximum Gasteiger partial charge on any atom is 0.267 e. The molecule has 5 heteroatoms. The number of nitrogens with one attached hydrogen (secondary N) is 2. The van der Waals surface area contributed by atoms with Gasteiger partial charge in [0.2, 0.25) is 0 Å². The van der Waals surface area contributed by atoms with Crippen LogP contribution in [-0.4, -0.2) is 27.2 Å². The van der Waals surface area contributed by atoms with Crippen molar-refractivity contribution in [2.24, 2.45) is 7.05 Å². The van der Waals surface area contributed by atoms with Crippen LogP contribution in [-0.2, 0) is 13.5 Å². The zero-order chi connectivity index (χ0) is 17.4. The van der Waals surface area contributed by atoms with Gasteiger partial charge in [-0.15, -0.1) is 0 Å². The van der Waals surface area contributed by atoms with Crippen LogP contribution in [0.5, 0.6) is 0 Å². The molecule has 0 aliphatic rings. The summed E-state index contributed by atoms with van der Waals surface area (Å²) in [5.74, 6) is -0.0672. The molecule has 24 heavy (non-hydrogen) atoms. The maximum absolute atomic E-state index is 12.4. The minimum absolute atomic E-state index is 0.0672. The van der Waals surface area contributed by atoms with E-state index in [1.807, 2.05) is 24.7 Å². The van der Waals surface area contributed by atoms with Crippen molar-refractivity contribution in [2.45, 2.75) is 34.1 Å². The Balaban J connectivity index is 1.70. The van der Waals surface area contributed by atoms with E-state index >= 15 is 0 Å². The Morgan fingerprint density at radius 1 is 1.21 bits per heavy atom. The molecule has 2 heterocycles. The highest BCUT2D eigenvalue weighted by molar-refractivity contribution is 5.98. The largest absolute Gasteiger partial charge is 0.351 e. The Kier molecular flexibility index (Phi) is 4.18. The molecule has 5 nitrogen and oxygen atoms in total. The number of nitrogens with zero attached hydrogens (tertiary/aromatic N) is 2. The van der Waals surface area contributed by atoms with Crippen LogP contribution in [0.2, 0.25) is 0 Å². The van der Waals surface area contributed by atoms with Crippen LogP contribution in [0.1, 0.15) is 38.6 Å². The van der Waals surface area contributed by atoms with Crippen molar-refractivity contribution >= 4 is 16.8 Å². The second-order valence-electron chi connectivity index (χ2n) is 6.50. The van der Waals surface area contributed by atoms with Crippen molar-refractivity contribution in [3.8, 4) is 0 Å². The minimum atomic E-state index is -0.0672. The highest BCUT2D eigenvalue weighted by Gasteiger charge is 2.13. The molecule has 0 unspecified atom stereocenters. The third-order valence-corrected chi connectivity index (χ3v) is 4.65. The van der Waals surface area contributed by atoms with Gasteiger partial charge in [0.15, 0.2) is 0 Å². The van der Waals surface area contributed by atoms with Gasteiger partial charge in [-0.3, -0.25) is 9.48 Å². The van der Waals surface area contributed by atoms with Crippen LogP contribution in [0, 0.1) is 27.7 Å². The third kappa shape index (κ3) is 2.94. The van der Waals surface area contributed by atoms with E-state index in [0.717, 1.165) is 28.7 Å². The molecule has 1 amide bonds. The van der Waals surface area contributed by atoms with Gasteiger partial charge < -0.3 is 10.3 Å². The molecule has 0 aliphatic heterocycles. The van der Waals surface area contributed by atoms with Crippen molar-refractivity contribution in [1.29, 1.82) is 0 Å². The number of carbonyl (C=O) groups excluding carboxylic acids is 1. The molecule has 3 aromatic rings. The maximum atomic E-state index is 12.4. The lowest BCUT2D eigenvalue weighted by Crippen LogP contribution is -2.26. The molecular formula is C19H24N4O. The quantitative estimate of drug-likeness (QED) is 0.774. The zero-order valence-electron chi connectivity index (χ0n) is 14.9. The van der Waals surface area contributed by atoms with Gasteiger partial charge in [0, 0.05) is 30.2 Å². The van der Waals surface area contributed by atoms with Crippen molar-refractivity contribution in [3.63, 3.8) is 0 Å². The molecule has 0 atom stereocenters. The van der Waals surface area contributed by atoms with Crippen LogP contribution in [0.3, 0.4) is 0 Å². The smallest absolute Gasteiger partial charge is 0.267 e. The Labute approximate surface area is 142 Å². The number of hydrogen-bond acceptors (Lipinski definition) is 2. The first-order valence-corrected chi connectivity index (χ1v) is 8.24. The molecular weight excluding hydrogens is 300 g/mol. The highest BCUT2D eigenvalue weighted by atomic mass is 16.1. The molecule has 0 fully saturated rings. The Morgan fingerprint density at radius 3 is 2.62 bits per heavy atom. The first kappa shape index (κ1) is 16.3. The molecule has 0 saturated heterocycles. The molecule has 1 aromatic carbocycles. The van der Waals surface area contributed by atoms with Crippen LogP contribution in [0.4, 0.5) is 0 Å². The van der Waals surface area contributed by atoms with Gasteiger partial charge in [-0.25, -0.2) is 0 Å². The third-order valence-electron chi connectivity index (χ3n) is 4.65. The number of aryl methyl sites for hydroxylation is 4. The topological polar surface area (TPSA) is 62.7 Å². The number of H-pyrrole nitrogens is 1. The standard InChI is InChI=1S/C19H24N4O/c1-11-8-12(2)16-10-18(21-17(16)9-11)19(24)20-7-6-15-13(3)22-23(5)14(15)4/h8-10,21H,6-7H2,1-5H3,(H,20,24). The number of amides is 1.